The van der Waals surface area contributed by atoms with Crippen LogP contribution >= 0.6 is 52.1 Å². The van der Waals surface area contributed by atoms with E-state index in [1.807, 2.05) is 0 Å². The van der Waals surface area contributed by atoms with Crippen molar-refractivity contribution in [1.29, 1.82) is 0 Å². The molecule has 0 bridgehead atoms. The summed E-state index contributed by atoms with van der Waals surface area (Å²) >= 11 is 13.1. The summed E-state index contributed by atoms with van der Waals surface area (Å²) < 4.78 is 36.2. The number of carbonyl (C=O) groups is 4. The lowest BCUT2D eigenvalue weighted by molar-refractivity contribution is -0.151. The van der Waals surface area contributed by atoms with Crippen LogP contribution in [0.5, 0.6) is 11.8 Å². The Morgan fingerprint density at radius 1 is 0.909 bits per heavy atom. The van der Waals surface area contributed by atoms with Crippen molar-refractivity contribution in [3.8, 4) is 11.8 Å². The van der Waals surface area contributed by atoms with Gasteiger partial charge in [-0.15, -0.1) is 0 Å². The highest BCUT2D eigenvalue weighted by molar-refractivity contribution is 9.09. The number of aromatic amines is 1. The van der Waals surface area contributed by atoms with Crippen LogP contribution in [0.15, 0.2) is 75.4 Å². The molecule has 2 heterocycles. The first-order chi connectivity index (χ1) is 25.8. The van der Waals surface area contributed by atoms with Crippen molar-refractivity contribution < 1.29 is 47.6 Å². The van der Waals surface area contributed by atoms with Crippen molar-refractivity contribution in [2.24, 2.45) is 19.8 Å². The Morgan fingerprint density at radius 3 is 1.76 bits per heavy atom. The van der Waals surface area contributed by atoms with Gasteiger partial charge in [0.1, 0.15) is 18.1 Å². The van der Waals surface area contributed by atoms with Crippen molar-refractivity contribution in [2.75, 3.05) is 32.4 Å². The number of thioether (sulfide) groups is 1. The Kier molecular flexibility index (Phi) is 23.9. The molecule has 0 aliphatic rings. The molecule has 16 nitrogen and oxygen atoms in total. The predicted octanol–water partition coefficient (Wildman–Crippen LogP) is 3.32. The SMILES string of the molecule is CNC(N)=S.COC(=O)CC(=O)OC.Cn1c(O)cc(=O)[nH]c1=S.Cn1c(SCC(=O)c2ccc(F)cc2)nc(O)cc1=O.O=C(CBr)c1ccc(F)cc1. The zero-order chi connectivity index (χ0) is 42.2. The number of carbonyl (C=O) groups excluding carboxylic acids is 4. The summed E-state index contributed by atoms with van der Waals surface area (Å²) in [5.41, 5.74) is 5.03. The summed E-state index contributed by atoms with van der Waals surface area (Å²) in [6, 6.07) is 12.8. The molecule has 0 aliphatic heterocycles. The smallest absolute Gasteiger partial charge is 0.316 e. The number of nitrogens with one attached hydrogen (secondary N) is 2. The van der Waals surface area contributed by atoms with Crippen LogP contribution in [-0.2, 0) is 33.2 Å². The third-order valence-corrected chi connectivity index (χ3v) is 8.11. The Labute approximate surface area is 335 Å². The van der Waals surface area contributed by atoms with E-state index in [0.717, 1.165) is 23.9 Å². The van der Waals surface area contributed by atoms with Gasteiger partial charge in [0, 0.05) is 32.3 Å². The summed E-state index contributed by atoms with van der Waals surface area (Å²) in [5.74, 6) is -2.63. The minimum absolute atomic E-state index is 0.0370. The maximum atomic E-state index is 12.8. The van der Waals surface area contributed by atoms with E-state index in [1.165, 1.54) is 78.9 Å². The highest BCUT2D eigenvalue weighted by atomic mass is 79.9. The highest BCUT2D eigenvalue weighted by Crippen LogP contribution is 2.17. The van der Waals surface area contributed by atoms with Gasteiger partial charge in [0.2, 0.25) is 5.88 Å². The Hall–Kier alpha value is -5.32. The average molecular weight is 892 g/mol. The molecule has 0 amide bonds. The molecule has 6 N–H and O–H groups in total. The molecule has 0 spiro atoms. The summed E-state index contributed by atoms with van der Waals surface area (Å²) in [6.07, 6.45) is -0.312. The molecule has 2 aromatic carbocycles. The maximum absolute atomic E-state index is 12.8. The van der Waals surface area contributed by atoms with Crippen molar-refractivity contribution in [3.05, 3.63) is 109 Å². The lowest BCUT2D eigenvalue weighted by atomic mass is 10.1. The number of ketones is 2. The molecule has 0 unspecified atom stereocenters. The number of rotatable bonds is 8. The van der Waals surface area contributed by atoms with Gasteiger partial charge < -0.3 is 30.7 Å². The van der Waals surface area contributed by atoms with Crippen LogP contribution in [0.3, 0.4) is 0 Å². The van der Waals surface area contributed by atoms with Crippen LogP contribution in [0, 0.1) is 16.4 Å². The number of methoxy groups -OCH3 is 2. The standard InChI is InChI=1S/C13H11FN2O3S.C8H6BrFO.C5H6N2O2S.C5H8O4.C2H6N2S/c1-16-12(19)6-11(18)15-13(16)20-7-10(17)8-2-4-9(14)5-3-8;9-5-8(11)6-1-3-7(10)4-2-6;1-7-4(9)2-3(8)6-5(7)10;1-8-4(6)3-5(7)9-2;1-4-2(3)5/h2-6,18H,7H2,1H3;1-4H,5H2;2,9H,1H3,(H,6,8,10);3H2,1-2H3;1H3,(H3,3,4,5). The fraction of sp³-hybridized carbons (Fsp3) is 0.242. The third kappa shape index (κ3) is 20.6. The van der Waals surface area contributed by atoms with Crippen molar-refractivity contribution in [1.82, 2.24) is 24.4 Å². The highest BCUT2D eigenvalue weighted by Gasteiger charge is 2.11. The summed E-state index contributed by atoms with van der Waals surface area (Å²) in [4.78, 5) is 71.5. The number of alkyl halides is 1. The summed E-state index contributed by atoms with van der Waals surface area (Å²) in [7, 11) is 7.17. The second kappa shape index (κ2) is 26.5. The Balaban J connectivity index is 0.000000716. The number of hydrogen-bond donors (Lipinski definition) is 5. The molecule has 298 valence electrons. The second-order valence-corrected chi connectivity index (χ2v) is 12.2. The van der Waals surface area contributed by atoms with E-state index >= 15 is 0 Å². The molecule has 0 saturated heterocycles. The third-order valence-electron chi connectivity index (χ3n) is 6.00. The molecule has 0 saturated carbocycles. The minimum Gasteiger partial charge on any atom is -0.494 e. The zero-order valence-corrected chi connectivity index (χ0v) is 33.9. The van der Waals surface area contributed by atoms with Gasteiger partial charge in [-0.05, 0) is 73.0 Å². The van der Waals surface area contributed by atoms with Gasteiger partial charge in [-0.1, -0.05) is 27.7 Å². The van der Waals surface area contributed by atoms with Crippen molar-refractivity contribution in [2.45, 2.75) is 11.6 Å². The maximum Gasteiger partial charge on any atom is 0.316 e. The average Bonchev–Trinajstić information content (AvgIpc) is 3.15. The quantitative estimate of drug-likeness (QED) is 0.0324. The van der Waals surface area contributed by atoms with Gasteiger partial charge in [0.25, 0.3) is 11.1 Å². The fourth-order valence-corrected chi connectivity index (χ4v) is 4.39. The molecule has 0 fully saturated rings. The van der Waals surface area contributed by atoms with Crippen LogP contribution in [0.2, 0.25) is 0 Å². The first-order valence-electron chi connectivity index (χ1n) is 14.9. The fourth-order valence-electron chi connectivity index (χ4n) is 3.00. The van der Waals surface area contributed by atoms with Crippen LogP contribution < -0.4 is 22.2 Å². The zero-order valence-electron chi connectivity index (χ0n) is 29.8. The number of aromatic nitrogens is 4. The first kappa shape index (κ1) is 49.7. The van der Waals surface area contributed by atoms with Gasteiger partial charge in [-0.25, -0.2) is 8.78 Å². The minimum atomic E-state index is -0.582. The number of hydrogen-bond acceptors (Lipinski definition) is 14. The first-order valence-corrected chi connectivity index (χ1v) is 17.9. The van der Waals surface area contributed by atoms with E-state index in [2.05, 4.69) is 65.1 Å². The van der Waals surface area contributed by atoms with E-state index in [0.29, 0.717) is 16.2 Å². The Bertz CT molecular complexity index is 2070. The lowest BCUT2D eigenvalue weighted by Gasteiger charge is -2.06. The molecular weight excluding hydrogens is 854 g/mol. The van der Waals surface area contributed by atoms with Crippen LogP contribution in [-0.4, -0.2) is 90.3 Å². The summed E-state index contributed by atoms with van der Waals surface area (Å²) in [6.45, 7) is 0. The van der Waals surface area contributed by atoms with E-state index in [1.54, 1.807) is 14.1 Å². The van der Waals surface area contributed by atoms with Crippen molar-refractivity contribution >= 4 is 80.7 Å². The number of halogens is 3. The van der Waals surface area contributed by atoms with Gasteiger partial charge in [0.05, 0.1) is 37.4 Å². The van der Waals surface area contributed by atoms with Gasteiger partial charge in [-0.3, -0.25) is 42.9 Å². The lowest BCUT2D eigenvalue weighted by Crippen LogP contribution is -2.24. The molecule has 4 rings (SSSR count). The van der Waals surface area contributed by atoms with Gasteiger partial charge in [-0.2, -0.15) is 4.98 Å². The number of aromatic hydroxyl groups is 2. The molecular formula is C33H37BrF2N6O10S3. The van der Waals surface area contributed by atoms with Crippen LogP contribution in [0.1, 0.15) is 27.1 Å². The monoisotopic (exact) mass is 890 g/mol. The molecule has 0 radical (unpaired) electrons. The van der Waals surface area contributed by atoms with E-state index in [4.69, 9.17) is 10.8 Å². The number of esters is 2. The number of nitrogens with two attached hydrogens (primary N) is 1. The van der Waals surface area contributed by atoms with Crippen LogP contribution in [0.25, 0.3) is 0 Å². The molecule has 0 aliphatic carbocycles. The van der Waals surface area contributed by atoms with Crippen molar-refractivity contribution in [3.63, 3.8) is 0 Å². The van der Waals surface area contributed by atoms with E-state index in [-0.39, 0.29) is 62.1 Å². The Morgan fingerprint density at radius 2 is 1.36 bits per heavy atom. The largest absolute Gasteiger partial charge is 0.494 e. The predicted molar refractivity (Wildman–Crippen MR) is 210 cm³/mol. The number of thiocarbonyl (C=S) groups is 1. The molecule has 2 aromatic heterocycles. The number of benzene rings is 2. The van der Waals surface area contributed by atoms with Gasteiger partial charge in [0.15, 0.2) is 32.5 Å². The number of H-pyrrole nitrogens is 1. The number of ether oxygens (including phenoxy) is 2. The number of Topliss-reactive ketones (excluding diaryl/α,β-unsaturated/α-hetero) is 2. The molecule has 4 aromatic rings. The summed E-state index contributed by atoms with van der Waals surface area (Å²) in [5, 5.41) is 21.6. The van der Waals surface area contributed by atoms with Gasteiger partial charge >= 0.3 is 11.9 Å². The molecule has 55 heavy (non-hydrogen) atoms. The normalized spacial score (nSPS) is 9.45. The second-order valence-electron chi connectivity index (χ2n) is 9.88. The molecule has 0 atom stereocenters. The van der Waals surface area contributed by atoms with Crippen LogP contribution in [0.4, 0.5) is 8.78 Å². The topological polar surface area (TPSA) is 238 Å². The van der Waals surface area contributed by atoms with E-state index in [9.17, 15) is 42.7 Å². The van der Waals surface area contributed by atoms with E-state index < -0.39 is 23.3 Å². The number of nitrogens with zero attached hydrogens (tertiary/aromatic N) is 3. The molecule has 22 heteroatoms.